The van der Waals surface area contributed by atoms with Crippen molar-refractivity contribution in [2.24, 2.45) is 0 Å². The summed E-state index contributed by atoms with van der Waals surface area (Å²) in [6.07, 6.45) is 1.36. The number of nitrogens with one attached hydrogen (secondary N) is 1. The predicted molar refractivity (Wildman–Crippen MR) is 60.6 cm³/mol. The lowest BCUT2D eigenvalue weighted by Crippen LogP contribution is -2.07. The summed E-state index contributed by atoms with van der Waals surface area (Å²) < 4.78 is 0. The molecular weight excluding hydrogens is 186 g/mol. The first kappa shape index (κ1) is 9.99. The second kappa shape index (κ2) is 4.32. The molecule has 0 radical (unpaired) electrons. The van der Waals surface area contributed by atoms with Gasteiger partial charge in [-0.3, -0.25) is 0 Å². The van der Waals surface area contributed by atoms with Gasteiger partial charge in [-0.25, -0.2) is 0 Å². The van der Waals surface area contributed by atoms with Crippen molar-refractivity contribution < 1.29 is 5.11 Å². The van der Waals surface area contributed by atoms with Gasteiger partial charge in [0.05, 0.1) is 0 Å². The molecule has 2 N–H and O–H groups in total. The maximum Gasteiger partial charge on any atom is 0.100 e. The van der Waals surface area contributed by atoms with E-state index in [1.165, 1.54) is 0 Å². The van der Waals surface area contributed by atoms with Gasteiger partial charge < -0.3 is 10.1 Å². The number of hydrogen-bond donors (Lipinski definition) is 2. The molecule has 78 valence electrons. The van der Waals surface area contributed by atoms with Gasteiger partial charge in [-0.05, 0) is 17.7 Å². The summed E-state index contributed by atoms with van der Waals surface area (Å²) in [5.74, 6) is 0.102. The highest BCUT2D eigenvalue weighted by molar-refractivity contribution is 5.22. The van der Waals surface area contributed by atoms with Crippen molar-refractivity contribution in [1.29, 1.82) is 0 Å². The molecule has 2 rings (SSSR count). The lowest BCUT2D eigenvalue weighted by atomic mass is 9.94. The van der Waals surface area contributed by atoms with Gasteiger partial charge in [0.25, 0.3) is 0 Å². The van der Waals surface area contributed by atoms with Crippen molar-refractivity contribution in [2.75, 3.05) is 0 Å². The summed E-state index contributed by atoms with van der Waals surface area (Å²) in [7, 11) is 0. The third kappa shape index (κ3) is 2.10. The molecule has 0 aliphatic rings. The lowest BCUT2D eigenvalue weighted by Gasteiger charge is -2.18. The Labute approximate surface area is 89.6 Å². The van der Waals surface area contributed by atoms with E-state index in [-0.39, 0.29) is 5.92 Å². The first-order chi connectivity index (χ1) is 7.29. The average Bonchev–Trinajstić information content (AvgIpc) is 2.82. The Morgan fingerprint density at radius 2 is 1.80 bits per heavy atom. The number of aliphatic hydroxyl groups excluding tert-OH is 1. The Morgan fingerprint density at radius 3 is 2.40 bits per heavy atom. The van der Waals surface area contributed by atoms with Crippen molar-refractivity contribution in [3.63, 3.8) is 0 Å². The van der Waals surface area contributed by atoms with Gasteiger partial charge in [0.15, 0.2) is 0 Å². The van der Waals surface area contributed by atoms with Gasteiger partial charge in [-0.2, -0.15) is 0 Å². The van der Waals surface area contributed by atoms with Gasteiger partial charge in [0.1, 0.15) is 6.10 Å². The Kier molecular flexibility index (Phi) is 2.88. The van der Waals surface area contributed by atoms with Crippen LogP contribution in [0.1, 0.15) is 30.2 Å². The molecule has 0 saturated carbocycles. The van der Waals surface area contributed by atoms with Crippen molar-refractivity contribution in [3.8, 4) is 0 Å². The van der Waals surface area contributed by atoms with Gasteiger partial charge in [0.2, 0.25) is 0 Å². The van der Waals surface area contributed by atoms with E-state index in [2.05, 4.69) is 4.98 Å². The second-order valence-electron chi connectivity index (χ2n) is 3.77. The molecule has 0 aliphatic carbocycles. The Bertz CT molecular complexity index is 394. The largest absolute Gasteiger partial charge is 0.386 e. The van der Waals surface area contributed by atoms with E-state index in [1.54, 1.807) is 0 Å². The molecule has 2 heteroatoms. The van der Waals surface area contributed by atoms with E-state index < -0.39 is 6.10 Å². The van der Waals surface area contributed by atoms with E-state index >= 15 is 0 Å². The molecule has 1 heterocycles. The minimum atomic E-state index is -0.470. The predicted octanol–water partition coefficient (Wildman–Crippen LogP) is 2.85. The minimum absolute atomic E-state index is 0.102. The first-order valence-corrected chi connectivity index (χ1v) is 5.15. The number of aromatic amines is 1. The molecule has 0 spiro atoms. The third-order valence-electron chi connectivity index (χ3n) is 2.74. The molecular formula is C13H15NO. The number of aromatic nitrogens is 1. The monoisotopic (exact) mass is 201 g/mol. The maximum absolute atomic E-state index is 10.1. The second-order valence-corrected chi connectivity index (χ2v) is 3.77. The fourth-order valence-corrected chi connectivity index (χ4v) is 1.74. The van der Waals surface area contributed by atoms with Crippen molar-refractivity contribution in [3.05, 3.63) is 59.9 Å². The number of H-pyrrole nitrogens is 1. The van der Waals surface area contributed by atoms with E-state index in [0.717, 1.165) is 11.3 Å². The highest BCUT2D eigenvalue weighted by atomic mass is 16.3. The van der Waals surface area contributed by atoms with E-state index in [4.69, 9.17) is 0 Å². The Morgan fingerprint density at radius 1 is 1.07 bits per heavy atom. The summed E-state index contributed by atoms with van der Waals surface area (Å²) in [4.78, 5) is 3.04. The molecule has 2 aromatic rings. The number of benzene rings is 1. The average molecular weight is 201 g/mol. The highest BCUT2D eigenvalue weighted by Crippen LogP contribution is 2.28. The van der Waals surface area contributed by atoms with Crippen LogP contribution in [-0.2, 0) is 0 Å². The molecule has 1 aromatic heterocycles. The van der Waals surface area contributed by atoms with Gasteiger partial charge in [0, 0.05) is 17.8 Å². The normalized spacial score (nSPS) is 14.8. The maximum atomic E-state index is 10.1. The minimum Gasteiger partial charge on any atom is -0.386 e. The summed E-state index contributed by atoms with van der Waals surface area (Å²) in [6, 6.07) is 13.9. The molecule has 2 unspecified atom stereocenters. The smallest absolute Gasteiger partial charge is 0.100 e. The van der Waals surface area contributed by atoms with Gasteiger partial charge >= 0.3 is 0 Å². The van der Waals surface area contributed by atoms with Crippen LogP contribution in [-0.4, -0.2) is 10.1 Å². The Balaban J connectivity index is 2.18. The van der Waals surface area contributed by atoms with Crippen molar-refractivity contribution >= 4 is 0 Å². The summed E-state index contributed by atoms with van der Waals surface area (Å²) >= 11 is 0. The summed E-state index contributed by atoms with van der Waals surface area (Å²) in [6.45, 7) is 2.03. The van der Waals surface area contributed by atoms with Crippen molar-refractivity contribution in [1.82, 2.24) is 4.98 Å². The highest BCUT2D eigenvalue weighted by Gasteiger charge is 2.18. The lowest BCUT2D eigenvalue weighted by molar-refractivity contribution is 0.147. The number of hydrogen-bond acceptors (Lipinski definition) is 1. The van der Waals surface area contributed by atoms with Crippen LogP contribution in [0.15, 0.2) is 48.7 Å². The fourth-order valence-electron chi connectivity index (χ4n) is 1.74. The zero-order valence-electron chi connectivity index (χ0n) is 8.72. The van der Waals surface area contributed by atoms with Crippen LogP contribution < -0.4 is 0 Å². The quantitative estimate of drug-likeness (QED) is 0.787. The van der Waals surface area contributed by atoms with Crippen LogP contribution >= 0.6 is 0 Å². The fraction of sp³-hybridized carbons (Fsp3) is 0.231. The molecule has 0 bridgehead atoms. The van der Waals surface area contributed by atoms with Crippen molar-refractivity contribution in [2.45, 2.75) is 18.9 Å². The molecule has 2 atom stereocenters. The zero-order chi connectivity index (χ0) is 10.7. The standard InChI is InChI=1S/C13H15NO/c1-10(11-6-3-2-4-7-11)13(15)12-8-5-9-14-12/h2-10,13-15H,1H3. The topological polar surface area (TPSA) is 36.0 Å². The molecule has 2 nitrogen and oxygen atoms in total. The van der Waals surface area contributed by atoms with Crippen LogP contribution in [0, 0.1) is 0 Å². The SMILES string of the molecule is CC(c1ccccc1)C(O)c1ccc[nH]1. The van der Waals surface area contributed by atoms with Crippen LogP contribution in [0.25, 0.3) is 0 Å². The Hall–Kier alpha value is -1.54. The van der Waals surface area contributed by atoms with E-state index in [9.17, 15) is 5.11 Å². The molecule has 1 aromatic carbocycles. The summed E-state index contributed by atoms with van der Waals surface area (Å²) in [5, 5.41) is 10.1. The van der Waals surface area contributed by atoms with E-state index in [0.29, 0.717) is 0 Å². The van der Waals surface area contributed by atoms with Gasteiger partial charge in [-0.15, -0.1) is 0 Å². The van der Waals surface area contributed by atoms with E-state index in [1.807, 2.05) is 55.6 Å². The number of aliphatic hydroxyl groups is 1. The molecule has 15 heavy (non-hydrogen) atoms. The number of rotatable bonds is 3. The molecule has 0 saturated heterocycles. The van der Waals surface area contributed by atoms with Gasteiger partial charge in [-0.1, -0.05) is 37.3 Å². The third-order valence-corrected chi connectivity index (χ3v) is 2.74. The first-order valence-electron chi connectivity index (χ1n) is 5.15. The molecule has 0 amide bonds. The molecule has 0 fully saturated rings. The van der Waals surface area contributed by atoms with Crippen LogP contribution in [0.2, 0.25) is 0 Å². The van der Waals surface area contributed by atoms with Crippen LogP contribution in [0.5, 0.6) is 0 Å². The molecule has 0 aliphatic heterocycles. The summed E-state index contributed by atoms with van der Waals surface area (Å²) in [5.41, 5.74) is 2.02. The van der Waals surface area contributed by atoms with Crippen LogP contribution in [0.4, 0.5) is 0 Å². The van der Waals surface area contributed by atoms with Crippen LogP contribution in [0.3, 0.4) is 0 Å². The zero-order valence-corrected chi connectivity index (χ0v) is 8.72.